The van der Waals surface area contributed by atoms with Crippen LogP contribution in [0.2, 0.25) is 0 Å². The molecule has 0 unspecified atom stereocenters. The van der Waals surface area contributed by atoms with Crippen molar-refractivity contribution in [2.75, 3.05) is 46.6 Å². The summed E-state index contributed by atoms with van der Waals surface area (Å²) in [4.78, 5) is 26.2. The number of methoxy groups -OCH3 is 1. The van der Waals surface area contributed by atoms with Gasteiger partial charge in [0.15, 0.2) is 18.1 Å². The van der Waals surface area contributed by atoms with E-state index in [1.54, 1.807) is 36.3 Å². The van der Waals surface area contributed by atoms with E-state index >= 15 is 0 Å². The zero-order valence-electron chi connectivity index (χ0n) is 18.9. The summed E-state index contributed by atoms with van der Waals surface area (Å²) in [5.41, 5.74) is 4.06. The average Bonchev–Trinajstić information content (AvgIpc) is 2.84. The molecule has 0 aromatic heterocycles. The van der Waals surface area contributed by atoms with Gasteiger partial charge in [0.25, 0.3) is 5.91 Å². The van der Waals surface area contributed by atoms with Gasteiger partial charge >= 0.3 is 0 Å². The highest BCUT2D eigenvalue weighted by Gasteiger charge is 2.18. The Morgan fingerprint density at radius 2 is 1.94 bits per heavy atom. The Labute approximate surface area is 193 Å². The highest BCUT2D eigenvalue weighted by atomic mass is 16.5. The van der Waals surface area contributed by atoms with E-state index in [2.05, 4.69) is 10.5 Å². The SMILES string of the molecule is CCOc1cc(/C=N/NC(=O)Cc2cccc(OC)c2)ccc1OCC(=O)N1CCOCC1. The first-order valence-corrected chi connectivity index (χ1v) is 10.8. The molecule has 33 heavy (non-hydrogen) atoms. The predicted molar refractivity (Wildman–Crippen MR) is 123 cm³/mol. The van der Waals surface area contributed by atoms with Crippen LogP contribution in [0.25, 0.3) is 0 Å². The van der Waals surface area contributed by atoms with E-state index < -0.39 is 0 Å². The van der Waals surface area contributed by atoms with Crippen LogP contribution in [-0.2, 0) is 20.7 Å². The van der Waals surface area contributed by atoms with Crippen molar-refractivity contribution >= 4 is 18.0 Å². The number of carbonyl (C=O) groups is 2. The third-order valence-corrected chi connectivity index (χ3v) is 4.88. The van der Waals surface area contributed by atoms with Crippen molar-refractivity contribution in [2.24, 2.45) is 5.10 Å². The van der Waals surface area contributed by atoms with Crippen LogP contribution in [0, 0.1) is 0 Å². The molecule has 1 fully saturated rings. The monoisotopic (exact) mass is 455 g/mol. The lowest BCUT2D eigenvalue weighted by atomic mass is 10.1. The number of hydrogen-bond donors (Lipinski definition) is 1. The molecule has 1 saturated heterocycles. The van der Waals surface area contributed by atoms with E-state index in [-0.39, 0.29) is 24.8 Å². The molecular weight excluding hydrogens is 426 g/mol. The molecule has 0 aliphatic carbocycles. The molecule has 2 amide bonds. The maximum atomic E-state index is 12.3. The Bertz CT molecular complexity index is 972. The topological polar surface area (TPSA) is 98.7 Å². The van der Waals surface area contributed by atoms with Gasteiger partial charge in [-0.2, -0.15) is 5.10 Å². The van der Waals surface area contributed by atoms with Gasteiger partial charge in [-0.15, -0.1) is 0 Å². The maximum Gasteiger partial charge on any atom is 0.260 e. The van der Waals surface area contributed by atoms with Crippen molar-refractivity contribution in [3.05, 3.63) is 53.6 Å². The number of amides is 2. The highest BCUT2D eigenvalue weighted by molar-refractivity contribution is 5.84. The van der Waals surface area contributed by atoms with Gasteiger partial charge in [-0.1, -0.05) is 12.1 Å². The van der Waals surface area contributed by atoms with Crippen LogP contribution in [0.1, 0.15) is 18.1 Å². The van der Waals surface area contributed by atoms with Crippen molar-refractivity contribution in [1.29, 1.82) is 0 Å². The maximum absolute atomic E-state index is 12.3. The van der Waals surface area contributed by atoms with Crippen LogP contribution >= 0.6 is 0 Å². The minimum atomic E-state index is -0.244. The molecule has 2 aromatic carbocycles. The van der Waals surface area contributed by atoms with Gasteiger partial charge in [-0.3, -0.25) is 9.59 Å². The molecule has 2 aromatic rings. The summed E-state index contributed by atoms with van der Waals surface area (Å²) in [5.74, 6) is 1.33. The lowest BCUT2D eigenvalue weighted by Gasteiger charge is -2.26. The van der Waals surface area contributed by atoms with Gasteiger partial charge < -0.3 is 23.8 Å². The van der Waals surface area contributed by atoms with Gasteiger partial charge in [0.05, 0.1) is 39.6 Å². The van der Waals surface area contributed by atoms with Gasteiger partial charge in [0, 0.05) is 13.1 Å². The number of ether oxygens (including phenoxy) is 4. The molecule has 3 rings (SSSR count). The lowest BCUT2D eigenvalue weighted by Crippen LogP contribution is -2.43. The predicted octanol–water partition coefficient (Wildman–Crippen LogP) is 2.02. The second-order valence-corrected chi connectivity index (χ2v) is 7.24. The van der Waals surface area contributed by atoms with Crippen molar-refractivity contribution < 1.29 is 28.5 Å². The molecule has 1 aliphatic heterocycles. The van der Waals surface area contributed by atoms with Crippen LogP contribution in [0.4, 0.5) is 0 Å². The zero-order chi connectivity index (χ0) is 23.5. The third-order valence-electron chi connectivity index (χ3n) is 4.88. The summed E-state index contributed by atoms with van der Waals surface area (Å²) in [6.07, 6.45) is 1.71. The number of hydrogen-bond acceptors (Lipinski definition) is 7. The Morgan fingerprint density at radius 1 is 1.12 bits per heavy atom. The molecule has 9 nitrogen and oxygen atoms in total. The quantitative estimate of drug-likeness (QED) is 0.435. The molecule has 9 heteroatoms. The highest BCUT2D eigenvalue weighted by Crippen LogP contribution is 2.28. The largest absolute Gasteiger partial charge is 0.497 e. The normalized spacial score (nSPS) is 13.6. The first kappa shape index (κ1) is 24.1. The lowest BCUT2D eigenvalue weighted by molar-refractivity contribution is -0.137. The minimum absolute atomic E-state index is 0.0756. The van der Waals surface area contributed by atoms with E-state index in [1.807, 2.05) is 25.1 Å². The summed E-state index contributed by atoms with van der Waals surface area (Å²) in [5, 5.41) is 4.02. The Balaban J connectivity index is 1.55. The second kappa shape index (κ2) is 12.4. The molecule has 0 spiro atoms. The number of carbonyl (C=O) groups excluding carboxylic acids is 2. The van der Waals surface area contributed by atoms with Crippen molar-refractivity contribution in [2.45, 2.75) is 13.3 Å². The van der Waals surface area contributed by atoms with Gasteiger partial charge in [-0.25, -0.2) is 5.43 Å². The molecule has 0 radical (unpaired) electrons. The fourth-order valence-electron chi connectivity index (χ4n) is 3.22. The van der Waals surface area contributed by atoms with Gasteiger partial charge in [-0.05, 0) is 48.4 Å². The molecule has 0 bridgehead atoms. The zero-order valence-corrected chi connectivity index (χ0v) is 18.9. The summed E-state index contributed by atoms with van der Waals surface area (Å²) < 4.78 is 21.8. The van der Waals surface area contributed by atoms with E-state index in [1.165, 1.54) is 6.21 Å². The molecule has 0 saturated carbocycles. The van der Waals surface area contributed by atoms with E-state index in [0.29, 0.717) is 55.7 Å². The summed E-state index contributed by atoms with van der Waals surface area (Å²) in [6, 6.07) is 12.5. The first-order valence-electron chi connectivity index (χ1n) is 10.8. The van der Waals surface area contributed by atoms with Crippen molar-refractivity contribution in [3.8, 4) is 17.2 Å². The van der Waals surface area contributed by atoms with Crippen molar-refractivity contribution in [3.63, 3.8) is 0 Å². The number of nitrogens with zero attached hydrogens (tertiary/aromatic N) is 2. The molecular formula is C24H29N3O6. The van der Waals surface area contributed by atoms with Crippen LogP contribution in [0.15, 0.2) is 47.6 Å². The number of benzene rings is 2. The summed E-state index contributed by atoms with van der Waals surface area (Å²) in [6.45, 7) is 4.45. The first-order chi connectivity index (χ1) is 16.1. The molecule has 1 N–H and O–H groups in total. The van der Waals surface area contributed by atoms with Crippen molar-refractivity contribution in [1.82, 2.24) is 10.3 Å². The summed E-state index contributed by atoms with van der Waals surface area (Å²) in [7, 11) is 1.58. The fraction of sp³-hybridized carbons (Fsp3) is 0.375. The number of morpholine rings is 1. The molecule has 176 valence electrons. The smallest absolute Gasteiger partial charge is 0.260 e. The van der Waals surface area contributed by atoms with Crippen LogP contribution in [0.5, 0.6) is 17.2 Å². The Kier molecular flexibility index (Phi) is 9.08. The standard InChI is InChI=1S/C24H29N3O6/c1-3-32-22-14-19(7-8-21(22)33-17-24(29)27-9-11-31-12-10-27)16-25-26-23(28)15-18-5-4-6-20(13-18)30-2/h4-8,13-14,16H,3,9-12,15,17H2,1-2H3,(H,26,28)/b25-16+. The van der Waals surface area contributed by atoms with E-state index in [4.69, 9.17) is 18.9 Å². The number of hydrazone groups is 1. The third kappa shape index (κ3) is 7.50. The second-order valence-electron chi connectivity index (χ2n) is 7.24. The van der Waals surface area contributed by atoms with Gasteiger partial charge in [0.2, 0.25) is 5.91 Å². The number of nitrogens with one attached hydrogen (secondary N) is 1. The van der Waals surface area contributed by atoms with Crippen LogP contribution < -0.4 is 19.6 Å². The van der Waals surface area contributed by atoms with Crippen LogP contribution in [0.3, 0.4) is 0 Å². The number of rotatable bonds is 10. The summed E-state index contributed by atoms with van der Waals surface area (Å²) >= 11 is 0. The Hall–Kier alpha value is -3.59. The van der Waals surface area contributed by atoms with Crippen LogP contribution in [-0.4, -0.2) is 69.6 Å². The Morgan fingerprint density at radius 3 is 2.70 bits per heavy atom. The van der Waals surface area contributed by atoms with E-state index in [0.717, 1.165) is 5.56 Å². The molecule has 0 atom stereocenters. The van der Waals surface area contributed by atoms with Gasteiger partial charge in [0.1, 0.15) is 5.75 Å². The average molecular weight is 456 g/mol. The molecule has 1 heterocycles. The molecule has 1 aliphatic rings. The van der Waals surface area contributed by atoms with E-state index in [9.17, 15) is 9.59 Å². The fourth-order valence-corrected chi connectivity index (χ4v) is 3.22. The minimum Gasteiger partial charge on any atom is -0.497 e.